The summed E-state index contributed by atoms with van der Waals surface area (Å²) in [6.07, 6.45) is 0.603. The van der Waals surface area contributed by atoms with Crippen molar-refractivity contribution in [3.8, 4) is 0 Å². The van der Waals surface area contributed by atoms with Crippen LogP contribution in [0.4, 0.5) is 47.8 Å². The summed E-state index contributed by atoms with van der Waals surface area (Å²) in [5.74, 6) is -0.312. The number of benzene rings is 1. The number of aromatic nitrogens is 2. The smallest absolute Gasteiger partial charge is 0.373 e. The number of likely N-dealkylation sites (N-methyl/N-ethyl adjacent to an activating group) is 1. The van der Waals surface area contributed by atoms with Gasteiger partial charge in [0.05, 0.1) is 12.2 Å². The second kappa shape index (κ2) is 8.47. The van der Waals surface area contributed by atoms with Crippen LogP contribution in [0, 0.1) is 13.1 Å². The van der Waals surface area contributed by atoms with Crippen molar-refractivity contribution >= 4 is 44.7 Å². The summed E-state index contributed by atoms with van der Waals surface area (Å²) in [5, 5.41) is 7.83. The lowest BCUT2D eigenvalue weighted by Gasteiger charge is -2.19. The number of fused-ring (bicyclic) bond motifs is 1. The van der Waals surface area contributed by atoms with E-state index in [2.05, 4.69) is 24.9 Å². The van der Waals surface area contributed by atoms with Gasteiger partial charge >= 0.3 is 21.5 Å². The number of rotatable bonds is 6. The van der Waals surface area contributed by atoms with Gasteiger partial charge in [-0.3, -0.25) is 4.72 Å². The van der Waals surface area contributed by atoms with E-state index < -0.39 is 21.2 Å². The van der Waals surface area contributed by atoms with Crippen LogP contribution < -0.4 is 9.62 Å². The summed E-state index contributed by atoms with van der Waals surface area (Å²) < 4.78 is 65.2. The number of alkyl halides is 3. The first-order valence-electron chi connectivity index (χ1n) is 9.34. The first kappa shape index (κ1) is 23.0. The van der Waals surface area contributed by atoms with E-state index in [0.717, 1.165) is 5.56 Å². The molecule has 0 aliphatic carbocycles. The molecule has 0 atom stereocenters. The second-order valence-electron chi connectivity index (χ2n) is 6.61. The number of imidazole rings is 1. The maximum Gasteiger partial charge on any atom is 0.516 e. The minimum atomic E-state index is -5.69. The van der Waals surface area contributed by atoms with Gasteiger partial charge in [0.1, 0.15) is 5.69 Å². The highest BCUT2D eigenvalue weighted by molar-refractivity contribution is 7.93. The molecule has 0 spiro atoms. The zero-order chi connectivity index (χ0) is 23.7. The Kier molecular flexibility index (Phi) is 6.09. The molecule has 14 heteroatoms. The number of sulfonamides is 1. The van der Waals surface area contributed by atoms with E-state index in [0.29, 0.717) is 25.2 Å². The number of nitrogens with one attached hydrogen (secondary N) is 1. The molecule has 0 unspecified atom stereocenters. The predicted molar refractivity (Wildman–Crippen MR) is 111 cm³/mol. The van der Waals surface area contributed by atoms with E-state index in [1.807, 2.05) is 11.8 Å². The topological polar surface area (TPSA) is 101 Å². The lowest BCUT2D eigenvalue weighted by molar-refractivity contribution is -0.0429. The van der Waals surface area contributed by atoms with Crippen LogP contribution in [-0.2, 0) is 23.0 Å². The van der Waals surface area contributed by atoms with Crippen molar-refractivity contribution in [2.24, 2.45) is 10.2 Å². The third-order valence-corrected chi connectivity index (χ3v) is 5.90. The predicted octanol–water partition coefficient (Wildman–Crippen LogP) is 5.06. The molecule has 0 saturated heterocycles. The fraction of sp³-hybridized carbons (Fsp3) is 0.389. The number of halogens is 3. The van der Waals surface area contributed by atoms with Crippen LogP contribution in [0.2, 0.25) is 0 Å². The highest BCUT2D eigenvalue weighted by atomic mass is 32.2. The van der Waals surface area contributed by atoms with Gasteiger partial charge in [0.15, 0.2) is 0 Å². The molecular formula is C18H17F3N8O2S. The number of azo groups is 1. The Bertz CT molecular complexity index is 1270. The Hall–Kier alpha value is -3.65. The molecule has 168 valence electrons. The molecule has 10 nitrogen and oxygen atoms in total. The van der Waals surface area contributed by atoms with E-state index in [-0.39, 0.29) is 29.8 Å². The Morgan fingerprint density at radius 1 is 1.19 bits per heavy atom. The first-order valence-corrected chi connectivity index (χ1v) is 10.8. The lowest BCUT2D eigenvalue weighted by Crippen LogP contribution is -2.30. The third-order valence-electron chi connectivity index (χ3n) is 4.80. The molecule has 0 radical (unpaired) electrons. The van der Waals surface area contributed by atoms with Crippen LogP contribution in [0.15, 0.2) is 22.4 Å². The van der Waals surface area contributed by atoms with E-state index in [4.69, 9.17) is 13.1 Å². The van der Waals surface area contributed by atoms with E-state index >= 15 is 0 Å². The highest BCUT2D eigenvalue weighted by Gasteiger charge is 2.46. The minimum absolute atomic E-state index is 0.0398. The standard InChI is InChI=1S/C18H17F3N8O2S/c1-5-28-8-7-11-9-12(13(10-14(11)28)27-32(30,31)18(19,20)21)25-26-17-24-15(22-3)16(23-4)29(17)6-2/h9-10,27H,5-8H2,1-2H3. The average molecular weight is 466 g/mol. The SMILES string of the molecule is [C-]#[N+]c1nc(N=Nc2cc3c(cc2NS(=O)(=O)C(F)(F)F)N(CC)CC3)n(CC)c1[N+]#[C-]. The Labute approximate surface area is 182 Å². The van der Waals surface area contributed by atoms with Crippen molar-refractivity contribution in [3.05, 3.63) is 40.5 Å². The molecule has 1 N–H and O–H groups in total. The molecule has 2 aromatic rings. The average Bonchev–Trinajstić information content (AvgIpc) is 3.30. The summed E-state index contributed by atoms with van der Waals surface area (Å²) in [6.45, 7) is 19.4. The molecule has 1 aromatic heterocycles. The summed E-state index contributed by atoms with van der Waals surface area (Å²) in [7, 11) is -5.69. The van der Waals surface area contributed by atoms with Crippen LogP contribution in [0.5, 0.6) is 0 Å². The number of nitrogens with zero attached hydrogens (tertiary/aromatic N) is 7. The number of hydrogen-bond acceptors (Lipinski definition) is 6. The first-order chi connectivity index (χ1) is 15.1. The molecule has 0 fully saturated rings. The molecular weight excluding hydrogens is 449 g/mol. The van der Waals surface area contributed by atoms with Gasteiger partial charge in [-0.15, -0.1) is 5.11 Å². The van der Waals surface area contributed by atoms with Crippen molar-refractivity contribution in [2.45, 2.75) is 32.3 Å². The molecule has 2 heterocycles. The summed E-state index contributed by atoms with van der Waals surface area (Å²) in [4.78, 5) is 12.3. The second-order valence-corrected chi connectivity index (χ2v) is 8.28. The summed E-state index contributed by atoms with van der Waals surface area (Å²) >= 11 is 0. The van der Waals surface area contributed by atoms with E-state index in [1.165, 1.54) is 16.7 Å². The van der Waals surface area contributed by atoms with Crippen molar-refractivity contribution in [2.75, 3.05) is 22.7 Å². The zero-order valence-corrected chi connectivity index (χ0v) is 17.8. The van der Waals surface area contributed by atoms with Gasteiger partial charge in [-0.25, -0.2) is 4.57 Å². The normalized spacial score (nSPS) is 13.8. The molecule has 0 saturated carbocycles. The van der Waals surface area contributed by atoms with E-state index in [1.54, 1.807) is 11.6 Å². The van der Waals surface area contributed by atoms with Crippen molar-refractivity contribution in [1.82, 2.24) is 9.55 Å². The monoisotopic (exact) mass is 466 g/mol. The molecule has 1 aliphatic heterocycles. The molecule has 0 bridgehead atoms. The van der Waals surface area contributed by atoms with Gasteiger partial charge in [0.25, 0.3) is 11.6 Å². The highest BCUT2D eigenvalue weighted by Crippen LogP contribution is 2.40. The van der Waals surface area contributed by atoms with E-state index in [9.17, 15) is 21.6 Å². The molecule has 1 aliphatic rings. The molecule has 32 heavy (non-hydrogen) atoms. The fourth-order valence-electron chi connectivity index (χ4n) is 3.26. The Balaban J connectivity index is 2.12. The zero-order valence-electron chi connectivity index (χ0n) is 17.0. The van der Waals surface area contributed by atoms with Gasteiger partial charge in [0, 0.05) is 18.8 Å². The van der Waals surface area contributed by atoms with Crippen molar-refractivity contribution < 1.29 is 21.6 Å². The molecule has 0 amide bonds. The van der Waals surface area contributed by atoms with Crippen molar-refractivity contribution in [1.29, 1.82) is 0 Å². The third kappa shape index (κ3) is 4.09. The van der Waals surface area contributed by atoms with Gasteiger partial charge < -0.3 is 14.6 Å². The molecule has 3 rings (SSSR count). The Morgan fingerprint density at radius 3 is 2.47 bits per heavy atom. The van der Waals surface area contributed by atoms with Gasteiger partial charge in [-0.1, -0.05) is 23.2 Å². The van der Waals surface area contributed by atoms with Crippen LogP contribution in [0.1, 0.15) is 19.4 Å². The summed E-state index contributed by atoms with van der Waals surface area (Å²) in [6, 6.07) is 2.76. The van der Waals surface area contributed by atoms with Gasteiger partial charge in [-0.05, 0) is 38.0 Å². The maximum absolute atomic E-state index is 13.0. The van der Waals surface area contributed by atoms with Crippen LogP contribution >= 0.6 is 0 Å². The minimum Gasteiger partial charge on any atom is -0.373 e. The largest absolute Gasteiger partial charge is 0.516 e. The molecule has 1 aromatic carbocycles. The Morgan fingerprint density at radius 2 is 1.91 bits per heavy atom. The number of hydrogen-bond donors (Lipinski definition) is 1. The quantitative estimate of drug-likeness (QED) is 0.475. The van der Waals surface area contributed by atoms with Crippen LogP contribution in [0.3, 0.4) is 0 Å². The van der Waals surface area contributed by atoms with Gasteiger partial charge in [-0.2, -0.15) is 21.6 Å². The van der Waals surface area contributed by atoms with Crippen LogP contribution in [-0.4, -0.2) is 36.6 Å². The fourth-order valence-corrected chi connectivity index (χ4v) is 3.83. The lowest BCUT2D eigenvalue weighted by atomic mass is 10.1. The maximum atomic E-state index is 13.0. The van der Waals surface area contributed by atoms with Gasteiger partial charge in [0.2, 0.25) is 0 Å². The van der Waals surface area contributed by atoms with Crippen LogP contribution in [0.25, 0.3) is 9.69 Å². The number of anilines is 2. The van der Waals surface area contributed by atoms with Crippen molar-refractivity contribution in [3.63, 3.8) is 0 Å². The summed E-state index contributed by atoms with van der Waals surface area (Å²) in [5.41, 5.74) is -4.67.